The van der Waals surface area contributed by atoms with E-state index in [-0.39, 0.29) is 34.9 Å². The van der Waals surface area contributed by atoms with Crippen LogP contribution in [-0.4, -0.2) is 49.4 Å². The van der Waals surface area contributed by atoms with Gasteiger partial charge in [-0.1, -0.05) is 0 Å². The van der Waals surface area contributed by atoms with E-state index in [4.69, 9.17) is 0 Å². The van der Waals surface area contributed by atoms with Gasteiger partial charge in [0, 0.05) is 25.0 Å². The molecule has 7 nitrogen and oxygen atoms in total. The van der Waals surface area contributed by atoms with Gasteiger partial charge >= 0.3 is 6.18 Å². The summed E-state index contributed by atoms with van der Waals surface area (Å²) in [5.41, 5.74) is 0.655. The van der Waals surface area contributed by atoms with Crippen molar-refractivity contribution in [1.29, 1.82) is 0 Å². The molecule has 180 valence electrons. The van der Waals surface area contributed by atoms with Crippen LogP contribution >= 0.6 is 0 Å². The molecule has 1 N–H and O–H groups in total. The zero-order chi connectivity index (χ0) is 24.5. The van der Waals surface area contributed by atoms with Gasteiger partial charge < -0.3 is 10.2 Å². The molecule has 2 aliphatic carbocycles. The van der Waals surface area contributed by atoms with Crippen molar-refractivity contribution in [2.24, 2.45) is 11.3 Å². The Kier molecular flexibility index (Phi) is 4.64. The molecule has 11 heteroatoms. The van der Waals surface area contributed by atoms with Crippen LogP contribution < -0.4 is 5.32 Å². The van der Waals surface area contributed by atoms with Crippen molar-refractivity contribution >= 4 is 11.7 Å². The number of carbonyl (C=O) groups excluding carboxylic acids is 1. The summed E-state index contributed by atoms with van der Waals surface area (Å²) in [7, 11) is 0. The van der Waals surface area contributed by atoms with Gasteiger partial charge in [0.05, 0.1) is 29.6 Å². The Morgan fingerprint density at radius 2 is 1.86 bits per heavy atom. The molecule has 35 heavy (non-hydrogen) atoms. The molecule has 1 saturated heterocycles. The van der Waals surface area contributed by atoms with Crippen LogP contribution in [0.15, 0.2) is 43.0 Å². The maximum Gasteiger partial charge on any atom is 0.417 e. The van der Waals surface area contributed by atoms with Gasteiger partial charge in [-0.25, -0.2) is 19.3 Å². The second kappa shape index (κ2) is 7.43. The Balaban J connectivity index is 1.26. The number of rotatable bonds is 4. The minimum Gasteiger partial charge on any atom is -0.365 e. The van der Waals surface area contributed by atoms with E-state index >= 15 is 0 Å². The maximum absolute atomic E-state index is 13.7. The van der Waals surface area contributed by atoms with Gasteiger partial charge in [0.2, 0.25) is 0 Å². The minimum absolute atomic E-state index is 0.0382. The molecule has 4 atom stereocenters. The van der Waals surface area contributed by atoms with Crippen molar-refractivity contribution in [2.75, 3.05) is 11.9 Å². The Bertz CT molecular complexity index is 1310. The zero-order valence-corrected chi connectivity index (χ0v) is 18.6. The molecular formula is C24H20F4N6O. The van der Waals surface area contributed by atoms with Gasteiger partial charge in [-0.15, -0.1) is 0 Å². The van der Waals surface area contributed by atoms with Crippen LogP contribution in [0.1, 0.15) is 34.5 Å². The maximum atomic E-state index is 13.7. The molecule has 1 amide bonds. The molecular weight excluding hydrogens is 464 g/mol. The first-order chi connectivity index (χ1) is 16.7. The number of aromatic nitrogens is 4. The number of pyridine rings is 2. The topological polar surface area (TPSA) is 83.9 Å². The number of piperidine rings is 1. The summed E-state index contributed by atoms with van der Waals surface area (Å²) >= 11 is 0. The lowest BCUT2D eigenvalue weighted by Gasteiger charge is -2.48. The third kappa shape index (κ3) is 3.52. The molecule has 3 fully saturated rings. The van der Waals surface area contributed by atoms with E-state index in [0.717, 1.165) is 43.1 Å². The third-order valence-electron chi connectivity index (χ3n) is 7.38. The van der Waals surface area contributed by atoms with Crippen LogP contribution in [0.4, 0.5) is 23.4 Å². The van der Waals surface area contributed by atoms with Gasteiger partial charge in [0.15, 0.2) is 11.6 Å². The van der Waals surface area contributed by atoms with E-state index in [0.29, 0.717) is 23.8 Å². The van der Waals surface area contributed by atoms with Crippen molar-refractivity contribution in [3.05, 3.63) is 65.6 Å². The number of hydrogen-bond acceptors (Lipinski definition) is 6. The number of amides is 1. The highest BCUT2D eigenvalue weighted by molar-refractivity contribution is 5.99. The zero-order valence-electron chi connectivity index (χ0n) is 18.6. The van der Waals surface area contributed by atoms with E-state index in [1.165, 1.54) is 6.07 Å². The number of aryl methyl sites for hydroxylation is 1. The number of alkyl halides is 3. The predicted molar refractivity (Wildman–Crippen MR) is 117 cm³/mol. The molecule has 0 bridgehead atoms. The van der Waals surface area contributed by atoms with E-state index in [1.54, 1.807) is 17.2 Å². The van der Waals surface area contributed by atoms with Crippen molar-refractivity contribution < 1.29 is 22.4 Å². The van der Waals surface area contributed by atoms with Crippen molar-refractivity contribution in [2.45, 2.75) is 38.0 Å². The van der Waals surface area contributed by atoms with Crippen LogP contribution in [0.25, 0.3) is 11.4 Å². The smallest absolute Gasteiger partial charge is 0.365 e. The second-order valence-corrected chi connectivity index (χ2v) is 9.56. The summed E-state index contributed by atoms with van der Waals surface area (Å²) in [6.07, 6.45) is 1.88. The summed E-state index contributed by atoms with van der Waals surface area (Å²) in [6.45, 7) is 2.42. The van der Waals surface area contributed by atoms with Crippen LogP contribution in [0, 0.1) is 24.1 Å². The summed E-state index contributed by atoms with van der Waals surface area (Å²) in [5.74, 6) is 0.0944. The molecule has 4 heterocycles. The van der Waals surface area contributed by atoms with Gasteiger partial charge in [-0.05, 0) is 54.9 Å². The standard InChI is InChI=1S/C24H20F4N6O/c1-12-4-16(21-31-9-15(25)10-32-21)19(30-7-12)22(35)34-11-14-5-23(14)6-17(20(23)34)33-18-3-2-13(8-29-18)24(26,27)28/h2-4,7-10,14,17,20H,5-6,11H2,1H3,(H,29,33). The monoisotopic (exact) mass is 484 g/mol. The Morgan fingerprint density at radius 3 is 2.54 bits per heavy atom. The number of nitrogens with zero attached hydrogens (tertiary/aromatic N) is 5. The number of halogens is 4. The highest BCUT2D eigenvalue weighted by Crippen LogP contribution is 2.71. The van der Waals surface area contributed by atoms with Gasteiger partial charge in [0.1, 0.15) is 11.5 Å². The van der Waals surface area contributed by atoms with Crippen LogP contribution in [-0.2, 0) is 6.18 Å². The molecule has 3 aliphatic rings. The second-order valence-electron chi connectivity index (χ2n) is 9.56. The van der Waals surface area contributed by atoms with Crippen molar-refractivity contribution in [3.8, 4) is 11.4 Å². The third-order valence-corrected chi connectivity index (χ3v) is 7.38. The molecule has 0 aromatic carbocycles. The number of nitrogens with one attached hydrogen (secondary N) is 1. The predicted octanol–water partition coefficient (Wildman–Crippen LogP) is 4.12. The van der Waals surface area contributed by atoms with Crippen LogP contribution in [0.3, 0.4) is 0 Å². The van der Waals surface area contributed by atoms with E-state index < -0.39 is 17.6 Å². The highest BCUT2D eigenvalue weighted by atomic mass is 19.4. The number of carbonyl (C=O) groups is 1. The van der Waals surface area contributed by atoms with Gasteiger partial charge in [-0.2, -0.15) is 13.2 Å². The minimum atomic E-state index is -4.45. The van der Waals surface area contributed by atoms with Crippen LogP contribution in [0.5, 0.6) is 0 Å². The van der Waals surface area contributed by atoms with E-state index in [1.807, 2.05) is 6.92 Å². The normalized spacial score (nSPS) is 26.5. The summed E-state index contributed by atoms with van der Waals surface area (Å²) in [6, 6.07) is 3.81. The lowest BCUT2D eigenvalue weighted by Crippen LogP contribution is -2.60. The van der Waals surface area contributed by atoms with Crippen LogP contribution in [0.2, 0.25) is 0 Å². The fourth-order valence-corrected chi connectivity index (χ4v) is 5.69. The average Bonchev–Trinajstić information content (AvgIpc) is 3.47. The molecule has 6 rings (SSSR count). The van der Waals surface area contributed by atoms with Gasteiger partial charge in [0.25, 0.3) is 5.91 Å². The van der Waals surface area contributed by atoms with Crippen molar-refractivity contribution in [3.63, 3.8) is 0 Å². The largest absolute Gasteiger partial charge is 0.417 e. The first-order valence-electron chi connectivity index (χ1n) is 11.2. The lowest BCUT2D eigenvalue weighted by atomic mass is 9.71. The first-order valence-corrected chi connectivity index (χ1v) is 11.2. The summed E-state index contributed by atoms with van der Waals surface area (Å²) in [4.78, 5) is 31.8. The average molecular weight is 484 g/mol. The molecule has 4 unspecified atom stereocenters. The first kappa shape index (κ1) is 21.9. The van der Waals surface area contributed by atoms with Crippen molar-refractivity contribution in [1.82, 2.24) is 24.8 Å². The molecule has 3 aromatic heterocycles. The Morgan fingerprint density at radius 1 is 1.09 bits per heavy atom. The summed E-state index contributed by atoms with van der Waals surface area (Å²) < 4.78 is 51.9. The number of anilines is 1. The van der Waals surface area contributed by atoms with E-state index in [9.17, 15) is 22.4 Å². The summed E-state index contributed by atoms with van der Waals surface area (Å²) in [5, 5.41) is 3.22. The Labute approximate surface area is 197 Å². The fraction of sp³-hybridized carbons (Fsp3) is 0.375. The molecule has 3 aromatic rings. The SMILES string of the molecule is Cc1cnc(C(=O)N2CC3CC34CC(Nc3ccc(C(F)(F)F)cn3)C24)c(-c2ncc(F)cn2)c1. The van der Waals surface area contributed by atoms with E-state index in [2.05, 4.69) is 25.3 Å². The quantitative estimate of drug-likeness (QED) is 0.561. The lowest BCUT2D eigenvalue weighted by molar-refractivity contribution is -0.137. The molecule has 1 spiro atoms. The number of likely N-dealkylation sites (tertiary alicyclic amines) is 1. The number of hydrogen-bond donors (Lipinski definition) is 1. The molecule has 0 radical (unpaired) electrons. The molecule has 2 saturated carbocycles. The molecule has 1 aliphatic heterocycles. The Hall–Kier alpha value is -3.63. The fourth-order valence-electron chi connectivity index (χ4n) is 5.69. The highest BCUT2D eigenvalue weighted by Gasteiger charge is 2.75. The van der Waals surface area contributed by atoms with Gasteiger partial charge in [-0.3, -0.25) is 9.78 Å².